The lowest BCUT2D eigenvalue weighted by Gasteiger charge is -2.31. The van der Waals surface area contributed by atoms with Gasteiger partial charge in [0.15, 0.2) is 0 Å². The van der Waals surface area contributed by atoms with Gasteiger partial charge in [-0.05, 0) is 30.9 Å². The van der Waals surface area contributed by atoms with Crippen LogP contribution >= 0.6 is 0 Å². The van der Waals surface area contributed by atoms with Crippen LogP contribution in [0.15, 0.2) is 29.2 Å². The van der Waals surface area contributed by atoms with Crippen molar-refractivity contribution in [3.8, 4) is 5.75 Å². The Labute approximate surface area is 108 Å². The lowest BCUT2D eigenvalue weighted by atomic mass is 9.85. The van der Waals surface area contributed by atoms with E-state index in [1.165, 1.54) is 22.9 Å². The number of benzene rings is 1. The minimum Gasteiger partial charge on any atom is -0.507 e. The Morgan fingerprint density at radius 2 is 2.00 bits per heavy atom. The zero-order valence-corrected chi connectivity index (χ0v) is 11.4. The summed E-state index contributed by atoms with van der Waals surface area (Å²) in [5, 5.41) is 9.69. The lowest BCUT2D eigenvalue weighted by Crippen LogP contribution is -2.37. The fourth-order valence-electron chi connectivity index (χ4n) is 2.17. The van der Waals surface area contributed by atoms with Crippen LogP contribution in [0.1, 0.15) is 26.2 Å². The van der Waals surface area contributed by atoms with Crippen molar-refractivity contribution in [2.75, 3.05) is 13.1 Å². The van der Waals surface area contributed by atoms with Gasteiger partial charge in [-0.25, -0.2) is 8.42 Å². The van der Waals surface area contributed by atoms with Gasteiger partial charge in [0.1, 0.15) is 10.6 Å². The van der Waals surface area contributed by atoms with Gasteiger partial charge in [0, 0.05) is 13.1 Å². The topological polar surface area (TPSA) is 57.6 Å². The number of para-hydroxylation sites is 1. The molecule has 100 valence electrons. The summed E-state index contributed by atoms with van der Waals surface area (Å²) in [5.41, 5.74) is 0. The summed E-state index contributed by atoms with van der Waals surface area (Å²) >= 11 is 0. The fraction of sp³-hybridized carbons (Fsp3) is 0.538. The molecule has 0 aliphatic heterocycles. The highest BCUT2D eigenvalue weighted by molar-refractivity contribution is 7.89. The SMILES string of the molecule is CCN(CC1CCC1)S(=O)(=O)c1ccccc1O. The molecule has 1 fully saturated rings. The van der Waals surface area contributed by atoms with Crippen molar-refractivity contribution >= 4 is 10.0 Å². The van der Waals surface area contributed by atoms with Gasteiger partial charge in [0.05, 0.1) is 0 Å². The van der Waals surface area contributed by atoms with Crippen LogP contribution in [0.4, 0.5) is 0 Å². The Kier molecular flexibility index (Phi) is 3.92. The number of nitrogens with zero attached hydrogens (tertiary/aromatic N) is 1. The van der Waals surface area contributed by atoms with E-state index in [-0.39, 0.29) is 10.6 Å². The van der Waals surface area contributed by atoms with Crippen LogP contribution in [-0.2, 0) is 10.0 Å². The molecule has 1 aliphatic rings. The van der Waals surface area contributed by atoms with E-state index >= 15 is 0 Å². The molecule has 2 rings (SSSR count). The summed E-state index contributed by atoms with van der Waals surface area (Å²) in [6, 6.07) is 6.11. The molecule has 0 aromatic heterocycles. The summed E-state index contributed by atoms with van der Waals surface area (Å²) < 4.78 is 26.3. The minimum absolute atomic E-state index is 0.00572. The van der Waals surface area contributed by atoms with Gasteiger partial charge in [0.25, 0.3) is 0 Å². The maximum Gasteiger partial charge on any atom is 0.246 e. The van der Waals surface area contributed by atoms with E-state index in [2.05, 4.69) is 0 Å². The third kappa shape index (κ3) is 2.52. The van der Waals surface area contributed by atoms with Crippen molar-refractivity contribution in [1.29, 1.82) is 0 Å². The molecule has 1 aliphatic carbocycles. The molecule has 0 spiro atoms. The summed E-state index contributed by atoms with van der Waals surface area (Å²) in [7, 11) is -3.57. The third-order valence-electron chi connectivity index (χ3n) is 3.52. The van der Waals surface area contributed by atoms with Gasteiger partial charge in [-0.1, -0.05) is 25.5 Å². The molecule has 0 atom stereocenters. The molecule has 0 saturated heterocycles. The van der Waals surface area contributed by atoms with E-state index < -0.39 is 10.0 Å². The smallest absolute Gasteiger partial charge is 0.246 e. The largest absolute Gasteiger partial charge is 0.507 e. The number of aromatic hydroxyl groups is 1. The molecule has 0 radical (unpaired) electrons. The minimum atomic E-state index is -3.57. The molecule has 5 heteroatoms. The van der Waals surface area contributed by atoms with Crippen LogP contribution in [0, 0.1) is 5.92 Å². The van der Waals surface area contributed by atoms with E-state index in [9.17, 15) is 13.5 Å². The molecule has 18 heavy (non-hydrogen) atoms. The Balaban J connectivity index is 2.25. The Morgan fingerprint density at radius 1 is 1.33 bits per heavy atom. The molecule has 4 nitrogen and oxygen atoms in total. The number of sulfonamides is 1. The molecule has 0 amide bonds. The first-order valence-corrected chi connectivity index (χ1v) is 7.78. The Morgan fingerprint density at radius 3 is 2.50 bits per heavy atom. The second-order valence-electron chi connectivity index (χ2n) is 4.72. The zero-order valence-electron chi connectivity index (χ0n) is 10.5. The maximum absolute atomic E-state index is 12.4. The highest BCUT2D eigenvalue weighted by atomic mass is 32.2. The average molecular weight is 269 g/mol. The van der Waals surface area contributed by atoms with Gasteiger partial charge in [-0.15, -0.1) is 0 Å². The molecule has 1 aromatic rings. The van der Waals surface area contributed by atoms with E-state index in [0.717, 1.165) is 12.8 Å². The fourth-order valence-corrected chi connectivity index (χ4v) is 3.78. The first-order chi connectivity index (χ1) is 8.55. The van der Waals surface area contributed by atoms with E-state index in [0.29, 0.717) is 19.0 Å². The van der Waals surface area contributed by atoms with Gasteiger partial charge >= 0.3 is 0 Å². The molecule has 0 bridgehead atoms. The predicted octanol–water partition coefficient (Wildman–Crippen LogP) is 2.20. The highest BCUT2D eigenvalue weighted by Gasteiger charge is 2.29. The lowest BCUT2D eigenvalue weighted by molar-refractivity contribution is 0.249. The van der Waals surface area contributed by atoms with Crippen LogP contribution in [0.25, 0.3) is 0 Å². The molecule has 0 unspecified atom stereocenters. The summed E-state index contributed by atoms with van der Waals surface area (Å²) in [4.78, 5) is 0.00572. The van der Waals surface area contributed by atoms with Crippen LogP contribution < -0.4 is 0 Å². The molecule has 1 N–H and O–H groups in total. The first kappa shape index (κ1) is 13.4. The number of phenols is 1. The number of rotatable bonds is 5. The molecule has 1 saturated carbocycles. The highest BCUT2D eigenvalue weighted by Crippen LogP contribution is 2.31. The van der Waals surface area contributed by atoms with Crippen LogP contribution in [0.5, 0.6) is 5.75 Å². The van der Waals surface area contributed by atoms with Gasteiger partial charge in [-0.2, -0.15) is 4.31 Å². The van der Waals surface area contributed by atoms with Crippen molar-refractivity contribution in [1.82, 2.24) is 4.31 Å². The summed E-state index contributed by atoms with van der Waals surface area (Å²) in [5.74, 6) is 0.301. The number of hydrogen-bond acceptors (Lipinski definition) is 3. The van der Waals surface area contributed by atoms with Crippen LogP contribution in [0.3, 0.4) is 0 Å². The van der Waals surface area contributed by atoms with Crippen molar-refractivity contribution in [2.45, 2.75) is 31.1 Å². The Bertz CT molecular complexity index is 509. The van der Waals surface area contributed by atoms with Gasteiger partial charge in [0.2, 0.25) is 10.0 Å². The standard InChI is InChI=1S/C13H19NO3S/c1-2-14(10-11-6-5-7-11)18(16,17)13-9-4-3-8-12(13)15/h3-4,8-9,11,15H,2,5-7,10H2,1H3. The number of hydrogen-bond donors (Lipinski definition) is 1. The molecular formula is C13H19NO3S. The van der Waals surface area contributed by atoms with Gasteiger partial charge in [-0.3, -0.25) is 0 Å². The summed E-state index contributed by atoms with van der Waals surface area (Å²) in [6.45, 7) is 2.83. The van der Waals surface area contributed by atoms with Crippen LogP contribution in [-0.4, -0.2) is 30.9 Å². The van der Waals surface area contributed by atoms with E-state index in [4.69, 9.17) is 0 Å². The van der Waals surface area contributed by atoms with Crippen LogP contribution in [0.2, 0.25) is 0 Å². The Hall–Kier alpha value is -1.07. The molecular weight excluding hydrogens is 250 g/mol. The van der Waals surface area contributed by atoms with Gasteiger partial charge < -0.3 is 5.11 Å². The second-order valence-corrected chi connectivity index (χ2v) is 6.63. The van der Waals surface area contributed by atoms with E-state index in [1.54, 1.807) is 12.1 Å². The second kappa shape index (κ2) is 5.28. The van der Waals surface area contributed by atoms with E-state index in [1.807, 2.05) is 6.92 Å². The average Bonchev–Trinajstić information content (AvgIpc) is 2.27. The monoisotopic (exact) mass is 269 g/mol. The van der Waals surface area contributed by atoms with Crippen molar-refractivity contribution in [3.05, 3.63) is 24.3 Å². The zero-order chi connectivity index (χ0) is 13.2. The predicted molar refractivity (Wildman–Crippen MR) is 69.9 cm³/mol. The van der Waals surface area contributed by atoms with Crippen molar-refractivity contribution in [2.24, 2.45) is 5.92 Å². The normalized spacial score (nSPS) is 16.8. The molecule has 1 aromatic carbocycles. The van der Waals surface area contributed by atoms with Crippen molar-refractivity contribution < 1.29 is 13.5 Å². The maximum atomic E-state index is 12.4. The first-order valence-electron chi connectivity index (χ1n) is 6.34. The molecule has 0 heterocycles. The number of phenolic OH excluding ortho intramolecular Hbond substituents is 1. The quantitative estimate of drug-likeness (QED) is 0.891. The summed E-state index contributed by atoms with van der Waals surface area (Å²) in [6.07, 6.45) is 3.40. The third-order valence-corrected chi connectivity index (χ3v) is 5.51. The van der Waals surface area contributed by atoms with Crippen molar-refractivity contribution in [3.63, 3.8) is 0 Å².